The summed E-state index contributed by atoms with van der Waals surface area (Å²) >= 11 is 0. The molecule has 1 saturated carbocycles. The lowest BCUT2D eigenvalue weighted by molar-refractivity contribution is 0.172. The normalized spacial score (nSPS) is 37.9. The molecule has 2 heteroatoms. The molecule has 2 nitrogen and oxygen atoms in total. The highest BCUT2D eigenvalue weighted by Gasteiger charge is 2.32. The molecule has 2 fully saturated rings. The molecule has 0 aromatic heterocycles. The molecule has 1 aliphatic carbocycles. The first-order valence-electron chi connectivity index (χ1n) is 6.21. The van der Waals surface area contributed by atoms with Gasteiger partial charge >= 0.3 is 0 Å². The predicted octanol–water partition coefficient (Wildman–Crippen LogP) is 2.19. The highest BCUT2D eigenvalue weighted by atomic mass is 16.5. The van der Waals surface area contributed by atoms with E-state index in [9.17, 15) is 0 Å². The van der Waals surface area contributed by atoms with Crippen molar-refractivity contribution in [1.29, 1.82) is 0 Å². The van der Waals surface area contributed by atoms with Crippen LogP contribution in [-0.2, 0) is 4.74 Å². The minimum atomic E-state index is 0.806. The van der Waals surface area contributed by atoms with Crippen molar-refractivity contribution in [1.82, 2.24) is 5.32 Å². The number of rotatable bonds is 4. The summed E-state index contributed by atoms with van der Waals surface area (Å²) in [7, 11) is 0. The van der Waals surface area contributed by atoms with Crippen LogP contribution < -0.4 is 5.32 Å². The van der Waals surface area contributed by atoms with E-state index in [1.807, 2.05) is 0 Å². The molecule has 1 N–H and O–H groups in total. The molecule has 0 aromatic rings. The largest absolute Gasteiger partial charge is 0.381 e. The van der Waals surface area contributed by atoms with Crippen molar-refractivity contribution in [2.45, 2.75) is 45.1 Å². The molecular formula is C12H23NO. The van der Waals surface area contributed by atoms with Gasteiger partial charge in [0, 0.05) is 19.3 Å². The highest BCUT2D eigenvalue weighted by molar-refractivity contribution is 4.85. The fourth-order valence-electron chi connectivity index (χ4n) is 2.90. The molecule has 82 valence electrons. The maximum absolute atomic E-state index is 5.47. The Balaban J connectivity index is 1.71. The van der Waals surface area contributed by atoms with Crippen LogP contribution in [-0.4, -0.2) is 25.8 Å². The third kappa shape index (κ3) is 2.48. The average Bonchev–Trinajstić information content (AvgIpc) is 2.85. The summed E-state index contributed by atoms with van der Waals surface area (Å²) < 4.78 is 5.47. The Hall–Kier alpha value is -0.0800. The molecule has 14 heavy (non-hydrogen) atoms. The molecule has 2 rings (SSSR count). The zero-order valence-electron chi connectivity index (χ0n) is 9.30. The Morgan fingerprint density at radius 1 is 1.21 bits per heavy atom. The predicted molar refractivity (Wildman–Crippen MR) is 58.3 cm³/mol. The Morgan fingerprint density at radius 3 is 2.86 bits per heavy atom. The smallest absolute Gasteiger partial charge is 0.0497 e. The maximum atomic E-state index is 5.47. The fourth-order valence-corrected chi connectivity index (χ4v) is 2.90. The number of ether oxygens (including phenoxy) is 1. The molecule has 3 unspecified atom stereocenters. The summed E-state index contributed by atoms with van der Waals surface area (Å²) in [4.78, 5) is 0. The molecule has 0 radical (unpaired) electrons. The number of nitrogens with one attached hydrogen (secondary N) is 1. The molecule has 1 heterocycles. The van der Waals surface area contributed by atoms with E-state index >= 15 is 0 Å². The molecule has 3 atom stereocenters. The summed E-state index contributed by atoms with van der Waals surface area (Å²) in [5, 5.41) is 3.64. The lowest BCUT2D eigenvalue weighted by atomic mass is 9.90. The zero-order valence-corrected chi connectivity index (χ0v) is 9.30. The standard InChI is InChI=1S/C12H23NO/c1-2-6-13-12-4-3-10(8-12)11-5-7-14-9-11/h10-13H,2-9H2,1H3. The highest BCUT2D eigenvalue weighted by Crippen LogP contribution is 2.35. The monoisotopic (exact) mass is 197 g/mol. The summed E-state index contributed by atoms with van der Waals surface area (Å²) in [6.45, 7) is 5.47. The summed E-state index contributed by atoms with van der Waals surface area (Å²) in [6, 6.07) is 0.806. The Kier molecular flexibility index (Phi) is 3.82. The van der Waals surface area contributed by atoms with Gasteiger partial charge < -0.3 is 10.1 Å². The van der Waals surface area contributed by atoms with Gasteiger partial charge in [-0.25, -0.2) is 0 Å². The van der Waals surface area contributed by atoms with E-state index in [-0.39, 0.29) is 0 Å². The van der Waals surface area contributed by atoms with Crippen LogP contribution >= 0.6 is 0 Å². The second-order valence-electron chi connectivity index (χ2n) is 4.85. The van der Waals surface area contributed by atoms with Crippen LogP contribution in [0.4, 0.5) is 0 Å². The lowest BCUT2D eigenvalue weighted by Gasteiger charge is -2.17. The Bertz CT molecular complexity index is 166. The molecule has 0 amide bonds. The average molecular weight is 197 g/mol. The van der Waals surface area contributed by atoms with Crippen LogP contribution in [0.15, 0.2) is 0 Å². The first-order valence-corrected chi connectivity index (χ1v) is 6.21. The van der Waals surface area contributed by atoms with E-state index in [1.165, 1.54) is 38.6 Å². The van der Waals surface area contributed by atoms with Crippen LogP contribution in [0.5, 0.6) is 0 Å². The van der Waals surface area contributed by atoms with Crippen LogP contribution in [0.25, 0.3) is 0 Å². The summed E-state index contributed by atoms with van der Waals surface area (Å²) in [6.07, 6.45) is 6.78. The molecule has 2 aliphatic rings. The quantitative estimate of drug-likeness (QED) is 0.746. The van der Waals surface area contributed by atoms with Gasteiger partial charge in [0.2, 0.25) is 0 Å². The first-order chi connectivity index (χ1) is 6.90. The van der Waals surface area contributed by atoms with Gasteiger partial charge in [0.1, 0.15) is 0 Å². The van der Waals surface area contributed by atoms with Crippen molar-refractivity contribution in [3.8, 4) is 0 Å². The number of hydrogen-bond donors (Lipinski definition) is 1. The van der Waals surface area contributed by atoms with E-state index in [2.05, 4.69) is 12.2 Å². The van der Waals surface area contributed by atoms with Crippen molar-refractivity contribution in [2.24, 2.45) is 11.8 Å². The maximum Gasteiger partial charge on any atom is 0.0497 e. The van der Waals surface area contributed by atoms with Gasteiger partial charge in [-0.3, -0.25) is 0 Å². The first kappa shape index (κ1) is 10.4. The Labute approximate surface area is 87.4 Å². The van der Waals surface area contributed by atoms with Crippen molar-refractivity contribution >= 4 is 0 Å². The molecule has 1 aliphatic heterocycles. The van der Waals surface area contributed by atoms with Gasteiger partial charge in [-0.2, -0.15) is 0 Å². The van der Waals surface area contributed by atoms with Crippen molar-refractivity contribution in [3.63, 3.8) is 0 Å². The van der Waals surface area contributed by atoms with Gasteiger partial charge in [0.15, 0.2) is 0 Å². The van der Waals surface area contributed by atoms with Gasteiger partial charge in [-0.15, -0.1) is 0 Å². The molecule has 0 aromatic carbocycles. The topological polar surface area (TPSA) is 21.3 Å². The number of hydrogen-bond acceptors (Lipinski definition) is 2. The van der Waals surface area contributed by atoms with Crippen LogP contribution in [0, 0.1) is 11.8 Å². The molecule has 1 saturated heterocycles. The van der Waals surface area contributed by atoms with E-state index in [0.717, 1.165) is 31.1 Å². The third-order valence-electron chi connectivity index (χ3n) is 3.79. The van der Waals surface area contributed by atoms with Crippen molar-refractivity contribution < 1.29 is 4.74 Å². The van der Waals surface area contributed by atoms with Gasteiger partial charge in [-0.05, 0) is 50.5 Å². The molecular weight excluding hydrogens is 174 g/mol. The molecule has 0 bridgehead atoms. The van der Waals surface area contributed by atoms with E-state index in [1.54, 1.807) is 0 Å². The van der Waals surface area contributed by atoms with E-state index in [4.69, 9.17) is 4.74 Å². The van der Waals surface area contributed by atoms with Crippen molar-refractivity contribution in [2.75, 3.05) is 19.8 Å². The van der Waals surface area contributed by atoms with E-state index in [0.29, 0.717) is 0 Å². The minimum absolute atomic E-state index is 0.806. The van der Waals surface area contributed by atoms with Crippen LogP contribution in [0.3, 0.4) is 0 Å². The molecule has 0 spiro atoms. The zero-order chi connectivity index (χ0) is 9.80. The second-order valence-corrected chi connectivity index (χ2v) is 4.85. The minimum Gasteiger partial charge on any atom is -0.381 e. The fraction of sp³-hybridized carbons (Fsp3) is 1.00. The summed E-state index contributed by atoms with van der Waals surface area (Å²) in [5.74, 6) is 1.83. The van der Waals surface area contributed by atoms with Gasteiger partial charge in [0.25, 0.3) is 0 Å². The van der Waals surface area contributed by atoms with Gasteiger partial charge in [0.05, 0.1) is 0 Å². The summed E-state index contributed by atoms with van der Waals surface area (Å²) in [5.41, 5.74) is 0. The van der Waals surface area contributed by atoms with Crippen LogP contribution in [0.2, 0.25) is 0 Å². The van der Waals surface area contributed by atoms with Gasteiger partial charge in [-0.1, -0.05) is 6.92 Å². The third-order valence-corrected chi connectivity index (χ3v) is 3.79. The lowest BCUT2D eigenvalue weighted by Crippen LogP contribution is -2.27. The SMILES string of the molecule is CCCNC1CCC(C2CCOC2)C1. The van der Waals surface area contributed by atoms with Crippen LogP contribution in [0.1, 0.15) is 39.0 Å². The van der Waals surface area contributed by atoms with E-state index < -0.39 is 0 Å². The van der Waals surface area contributed by atoms with Crippen molar-refractivity contribution in [3.05, 3.63) is 0 Å². The Morgan fingerprint density at radius 2 is 2.14 bits per heavy atom. The second kappa shape index (κ2) is 5.13.